The summed E-state index contributed by atoms with van der Waals surface area (Å²) in [6.45, 7) is 0. The molecule has 1 unspecified atom stereocenters. The normalized spacial score (nSPS) is 14.1. The third kappa shape index (κ3) is 6.19. The fourth-order valence-corrected chi connectivity index (χ4v) is 10.3. The van der Waals surface area contributed by atoms with Crippen LogP contribution in [0.25, 0.3) is 91.2 Å². The molecule has 0 aliphatic carbocycles. The van der Waals surface area contributed by atoms with E-state index in [1.54, 1.807) is 0 Å². The van der Waals surface area contributed by atoms with Gasteiger partial charge in [0.25, 0.3) is 0 Å². The summed E-state index contributed by atoms with van der Waals surface area (Å²) in [5.41, 5.74) is 10.0. The second-order valence-corrected chi connectivity index (χ2v) is 16.8. The van der Waals surface area contributed by atoms with Gasteiger partial charge in [0.05, 0.1) is 12.0 Å². The van der Waals surface area contributed by atoms with Crippen molar-refractivity contribution < 1.29 is 0 Å². The van der Waals surface area contributed by atoms with Crippen LogP contribution in [0.5, 0.6) is 0 Å². The van der Waals surface area contributed by atoms with Crippen molar-refractivity contribution >= 4 is 75.5 Å². The summed E-state index contributed by atoms with van der Waals surface area (Å²) < 4.78 is 2.46. The van der Waals surface area contributed by atoms with Gasteiger partial charge in [-0.2, -0.15) is 0 Å². The number of hydrogen-bond donors (Lipinski definition) is 0. The van der Waals surface area contributed by atoms with E-state index in [4.69, 9.17) is 15.3 Å². The van der Waals surface area contributed by atoms with Gasteiger partial charge in [-0.25, -0.2) is 0 Å². The van der Waals surface area contributed by atoms with Crippen LogP contribution in [0.15, 0.2) is 222 Å². The molecule has 0 radical (unpaired) electrons. The number of thiophene rings is 1. The molecule has 1 aliphatic heterocycles. The molecule has 0 fully saturated rings. The van der Waals surface area contributed by atoms with Crippen LogP contribution < -0.4 is 0 Å². The molecule has 10 aromatic carbocycles. The van der Waals surface area contributed by atoms with Crippen LogP contribution in [-0.4, -0.2) is 11.7 Å². The predicted octanol–water partition coefficient (Wildman–Crippen LogP) is 15.8. The van der Waals surface area contributed by atoms with Crippen molar-refractivity contribution in [3.05, 3.63) is 234 Å². The summed E-state index contributed by atoms with van der Waals surface area (Å²) in [7, 11) is 0. The lowest BCUT2D eigenvalue weighted by molar-refractivity contribution is 0.888. The summed E-state index contributed by atoms with van der Waals surface area (Å²) in [6, 6.07) is 76.2. The Morgan fingerprint density at radius 2 is 0.836 bits per heavy atom. The van der Waals surface area contributed by atoms with E-state index < -0.39 is 6.17 Å². The summed E-state index contributed by atoms with van der Waals surface area (Å²) in [5, 5.41) is 15.4. The molecule has 12 rings (SSSR count). The monoisotopic (exact) mass is 794 g/mol. The Bertz CT molecular complexity index is 3530. The third-order valence-electron chi connectivity index (χ3n) is 12.0. The van der Waals surface area contributed by atoms with E-state index in [2.05, 4.69) is 176 Å². The maximum absolute atomic E-state index is 5.29. The van der Waals surface area contributed by atoms with Gasteiger partial charge < -0.3 is 10.3 Å². The minimum atomic E-state index is -0.486. The van der Waals surface area contributed by atoms with Gasteiger partial charge in [0.15, 0.2) is 0 Å². The number of nitrogens with zero attached hydrogens (tertiary/aromatic N) is 3. The number of hydrogen-bond acceptors (Lipinski definition) is 3. The molecular formula is C57H36N3S-. The minimum absolute atomic E-state index is 0.486. The van der Waals surface area contributed by atoms with Gasteiger partial charge >= 0.3 is 0 Å². The van der Waals surface area contributed by atoms with Crippen LogP contribution in [0.2, 0.25) is 0 Å². The van der Waals surface area contributed by atoms with E-state index in [9.17, 15) is 0 Å². The van der Waals surface area contributed by atoms with E-state index in [0.717, 1.165) is 27.8 Å². The zero-order chi connectivity index (χ0) is 40.3. The Hall–Kier alpha value is -7.66. The Labute approximate surface area is 357 Å². The second kappa shape index (κ2) is 14.6. The lowest BCUT2D eigenvalue weighted by atomic mass is 9.91. The molecule has 0 saturated heterocycles. The number of fused-ring (bicyclic) bond motifs is 9. The lowest BCUT2D eigenvalue weighted by Gasteiger charge is -2.33. The first-order valence-corrected chi connectivity index (χ1v) is 21.5. The van der Waals surface area contributed by atoms with Crippen LogP contribution >= 0.6 is 11.3 Å². The van der Waals surface area contributed by atoms with Gasteiger partial charge in [0, 0.05) is 20.2 Å². The van der Waals surface area contributed by atoms with E-state index in [-0.39, 0.29) is 0 Å². The standard InChI is InChI=1S/C57H36N3S/c1-3-15-36(16-4-1)55-58-56(37-17-5-2-6-18-37)60-57(59-55)51-34-43(35-53-54(51)49-27-11-12-28-52(49)61-53)41-22-14-20-39(32-41)38-19-13-21-40(31-38)42-29-30-48-46-25-8-7-23-44(46)45-24-9-10-26-47(45)50(48)33-42/h1-35,57H/q-1. The van der Waals surface area contributed by atoms with Gasteiger partial charge in [-0.1, -0.05) is 182 Å². The molecule has 4 heteroatoms. The molecule has 286 valence electrons. The molecule has 0 N–H and O–H groups in total. The van der Waals surface area contributed by atoms with Crippen molar-refractivity contribution in [3.8, 4) is 33.4 Å². The van der Waals surface area contributed by atoms with Crippen LogP contribution in [0.1, 0.15) is 22.9 Å². The smallest absolute Gasteiger partial charge is 0.0828 e. The summed E-state index contributed by atoms with van der Waals surface area (Å²) in [4.78, 5) is 10.3. The van der Waals surface area contributed by atoms with Gasteiger partial charge in [-0.3, -0.25) is 4.99 Å². The SMILES string of the molecule is c1ccc(C2=NC(c3cc(-c4cccc(-c5cccc(-c6ccc7c8ccccc8c8ccccc8c7c6)c5)c4)cc4sc5ccccc5c34)[N-]C(c3ccccc3)=N2)cc1. The zero-order valence-electron chi connectivity index (χ0n) is 33.0. The maximum atomic E-state index is 5.29. The van der Waals surface area contributed by atoms with E-state index in [0.29, 0.717) is 11.7 Å². The average Bonchev–Trinajstić information content (AvgIpc) is 3.73. The summed E-state index contributed by atoms with van der Waals surface area (Å²) in [6.07, 6.45) is -0.486. The second-order valence-electron chi connectivity index (χ2n) is 15.7. The van der Waals surface area contributed by atoms with E-state index in [1.807, 2.05) is 47.7 Å². The molecular weight excluding hydrogens is 759 g/mol. The Morgan fingerprint density at radius 3 is 1.48 bits per heavy atom. The average molecular weight is 795 g/mol. The highest BCUT2D eigenvalue weighted by Gasteiger charge is 2.21. The molecule has 0 amide bonds. The highest BCUT2D eigenvalue weighted by Crippen LogP contribution is 2.45. The molecule has 1 aromatic heterocycles. The maximum Gasteiger partial charge on any atom is 0.0828 e. The summed E-state index contributed by atoms with van der Waals surface area (Å²) >= 11 is 1.82. The minimum Gasteiger partial charge on any atom is -0.438 e. The van der Waals surface area contributed by atoms with Crippen molar-refractivity contribution in [2.24, 2.45) is 9.98 Å². The first-order valence-electron chi connectivity index (χ1n) is 20.7. The van der Waals surface area contributed by atoms with Crippen molar-refractivity contribution in [1.29, 1.82) is 0 Å². The van der Waals surface area contributed by atoms with Crippen molar-refractivity contribution in [2.45, 2.75) is 6.17 Å². The molecule has 3 nitrogen and oxygen atoms in total. The Balaban J connectivity index is 0.970. The molecule has 0 bridgehead atoms. The van der Waals surface area contributed by atoms with Crippen molar-refractivity contribution in [2.75, 3.05) is 0 Å². The molecule has 0 spiro atoms. The Kier molecular flexibility index (Phi) is 8.43. The van der Waals surface area contributed by atoms with Crippen molar-refractivity contribution in [3.63, 3.8) is 0 Å². The number of rotatable bonds is 6. The third-order valence-corrected chi connectivity index (χ3v) is 13.1. The van der Waals surface area contributed by atoms with Crippen LogP contribution in [0.4, 0.5) is 0 Å². The van der Waals surface area contributed by atoms with Gasteiger partial charge in [-0.05, 0) is 119 Å². The largest absolute Gasteiger partial charge is 0.438 e. The first-order chi connectivity index (χ1) is 30.2. The fraction of sp³-hybridized carbons (Fsp3) is 0.0175. The molecule has 61 heavy (non-hydrogen) atoms. The lowest BCUT2D eigenvalue weighted by Crippen LogP contribution is -2.16. The quantitative estimate of drug-likeness (QED) is 0.150. The number of amidine groups is 2. The zero-order valence-corrected chi connectivity index (χ0v) is 33.9. The summed E-state index contributed by atoms with van der Waals surface area (Å²) in [5.74, 6) is 1.37. The van der Waals surface area contributed by atoms with Crippen LogP contribution in [0, 0.1) is 0 Å². The van der Waals surface area contributed by atoms with Crippen LogP contribution in [-0.2, 0) is 0 Å². The highest BCUT2D eigenvalue weighted by molar-refractivity contribution is 7.25. The highest BCUT2D eigenvalue weighted by atomic mass is 32.1. The molecule has 2 heterocycles. The topological polar surface area (TPSA) is 38.8 Å². The molecule has 1 atom stereocenters. The Morgan fingerprint density at radius 1 is 0.344 bits per heavy atom. The molecule has 11 aromatic rings. The van der Waals surface area contributed by atoms with Gasteiger partial charge in [-0.15, -0.1) is 11.3 Å². The van der Waals surface area contributed by atoms with Gasteiger partial charge in [0.1, 0.15) is 0 Å². The van der Waals surface area contributed by atoms with E-state index in [1.165, 1.54) is 74.7 Å². The van der Waals surface area contributed by atoms with Crippen LogP contribution in [0.3, 0.4) is 0 Å². The van der Waals surface area contributed by atoms with Crippen molar-refractivity contribution in [1.82, 2.24) is 0 Å². The van der Waals surface area contributed by atoms with Gasteiger partial charge in [0.2, 0.25) is 0 Å². The first kappa shape index (κ1) is 35.3. The fourth-order valence-electron chi connectivity index (χ4n) is 9.11. The number of aliphatic imine (C=N–C) groups is 2. The molecule has 1 aliphatic rings. The number of benzene rings is 10. The van der Waals surface area contributed by atoms with E-state index >= 15 is 0 Å². The predicted molar refractivity (Wildman–Crippen MR) is 260 cm³/mol. The molecule has 0 saturated carbocycles.